The molecule has 0 saturated heterocycles. The molecular formula is C17H18ClN3O3. The Hall–Kier alpha value is -2.41. The molecule has 3 rings (SSSR count). The molecule has 0 heterocycles. The molecule has 24 heavy (non-hydrogen) atoms. The van der Waals surface area contributed by atoms with Gasteiger partial charge in [0.2, 0.25) is 0 Å². The number of halogens is 1. The Bertz CT molecular complexity index is 812. The molecule has 1 amide bonds. The van der Waals surface area contributed by atoms with Gasteiger partial charge in [0.25, 0.3) is 5.91 Å². The number of aliphatic hydroxyl groups excluding tert-OH is 2. The first-order valence-electron chi connectivity index (χ1n) is 7.13. The van der Waals surface area contributed by atoms with E-state index in [-0.39, 0.29) is 31.6 Å². The lowest BCUT2D eigenvalue weighted by Crippen LogP contribution is -2.34. The van der Waals surface area contributed by atoms with E-state index in [1.54, 1.807) is 18.2 Å². The van der Waals surface area contributed by atoms with Crippen LogP contribution in [0, 0.1) is 0 Å². The van der Waals surface area contributed by atoms with Crippen molar-refractivity contribution in [1.29, 1.82) is 0 Å². The van der Waals surface area contributed by atoms with Crippen LogP contribution in [0.3, 0.4) is 0 Å². The Morgan fingerprint density at radius 2 is 1.62 bits per heavy atom. The van der Waals surface area contributed by atoms with Gasteiger partial charge in [-0.1, -0.05) is 30.3 Å². The lowest BCUT2D eigenvalue weighted by atomic mass is 9.79. The first kappa shape index (κ1) is 17.9. The van der Waals surface area contributed by atoms with Gasteiger partial charge in [-0.3, -0.25) is 4.79 Å². The molecule has 0 aromatic heterocycles. The average Bonchev–Trinajstić information content (AvgIpc) is 2.84. The normalized spacial score (nSPS) is 13.4. The van der Waals surface area contributed by atoms with Gasteiger partial charge in [-0.15, -0.1) is 12.4 Å². The van der Waals surface area contributed by atoms with Gasteiger partial charge >= 0.3 is 0 Å². The molecule has 0 saturated carbocycles. The Morgan fingerprint density at radius 1 is 1.00 bits per heavy atom. The molecule has 126 valence electrons. The number of amides is 1. The molecule has 0 fully saturated rings. The Morgan fingerprint density at radius 3 is 2.25 bits per heavy atom. The maximum atomic E-state index is 12.0. The molecular weight excluding hydrogens is 330 g/mol. The van der Waals surface area contributed by atoms with Crippen LogP contribution in [0.15, 0.2) is 47.5 Å². The summed E-state index contributed by atoms with van der Waals surface area (Å²) in [5.41, 5.74) is 13.2. The van der Waals surface area contributed by atoms with E-state index in [0.29, 0.717) is 11.1 Å². The number of guanidine groups is 1. The molecule has 0 atom stereocenters. The third-order valence-corrected chi connectivity index (χ3v) is 4.29. The molecule has 7 heteroatoms. The summed E-state index contributed by atoms with van der Waals surface area (Å²) in [6.07, 6.45) is 0. The highest BCUT2D eigenvalue weighted by molar-refractivity contribution is 6.02. The van der Waals surface area contributed by atoms with Crippen molar-refractivity contribution < 1.29 is 15.0 Å². The highest BCUT2D eigenvalue weighted by atomic mass is 35.5. The summed E-state index contributed by atoms with van der Waals surface area (Å²) in [7, 11) is 0. The largest absolute Gasteiger partial charge is 0.395 e. The zero-order valence-corrected chi connectivity index (χ0v) is 13.6. The van der Waals surface area contributed by atoms with Gasteiger partial charge in [-0.25, -0.2) is 0 Å². The molecule has 0 bridgehead atoms. The summed E-state index contributed by atoms with van der Waals surface area (Å²) in [4.78, 5) is 15.6. The lowest BCUT2D eigenvalue weighted by molar-refractivity contribution is 0.100. The second kappa shape index (κ2) is 6.60. The number of aliphatic imine (C=N–C) groups is 1. The monoisotopic (exact) mass is 347 g/mol. The van der Waals surface area contributed by atoms with Crippen molar-refractivity contribution in [3.8, 4) is 11.1 Å². The van der Waals surface area contributed by atoms with Crippen LogP contribution in [0.4, 0.5) is 0 Å². The summed E-state index contributed by atoms with van der Waals surface area (Å²) >= 11 is 0. The van der Waals surface area contributed by atoms with Gasteiger partial charge in [0, 0.05) is 5.56 Å². The van der Waals surface area contributed by atoms with Crippen molar-refractivity contribution in [3.05, 3.63) is 59.2 Å². The fourth-order valence-corrected chi connectivity index (χ4v) is 3.16. The van der Waals surface area contributed by atoms with Crippen molar-refractivity contribution in [2.45, 2.75) is 5.41 Å². The minimum Gasteiger partial charge on any atom is -0.395 e. The smallest absolute Gasteiger partial charge is 0.280 e. The average molecular weight is 348 g/mol. The summed E-state index contributed by atoms with van der Waals surface area (Å²) in [5.74, 6) is -0.872. The fraction of sp³-hybridized carbons (Fsp3) is 0.176. The van der Waals surface area contributed by atoms with Crippen molar-refractivity contribution in [1.82, 2.24) is 0 Å². The standard InChI is InChI=1S/C17H17N3O3.ClH/c18-16(19)20-15(23)10-5-6-12-11-3-1-2-4-13(11)17(8-21,9-22)14(12)7-10;/h1-7,21-22H,8-9H2,(H4,18,19,20,23);1H. The van der Waals surface area contributed by atoms with E-state index in [0.717, 1.165) is 16.7 Å². The number of carbonyl (C=O) groups is 1. The van der Waals surface area contributed by atoms with Gasteiger partial charge in [-0.05, 0) is 34.4 Å². The molecule has 6 N–H and O–H groups in total. The first-order valence-corrected chi connectivity index (χ1v) is 7.13. The summed E-state index contributed by atoms with van der Waals surface area (Å²) in [5, 5.41) is 19.9. The summed E-state index contributed by atoms with van der Waals surface area (Å²) < 4.78 is 0. The molecule has 2 aromatic carbocycles. The summed E-state index contributed by atoms with van der Waals surface area (Å²) in [6.45, 7) is -0.541. The van der Waals surface area contributed by atoms with Crippen LogP contribution < -0.4 is 11.5 Å². The molecule has 1 aliphatic rings. The predicted octanol–water partition coefficient (Wildman–Crippen LogP) is 0.773. The SMILES string of the molecule is Cl.NC(N)=NC(=O)c1ccc2c(c1)C(CO)(CO)c1ccccc1-2. The first-order chi connectivity index (χ1) is 11.0. The van der Waals surface area contributed by atoms with Crippen LogP contribution in [-0.2, 0) is 5.41 Å². The molecule has 0 radical (unpaired) electrons. The van der Waals surface area contributed by atoms with E-state index in [1.807, 2.05) is 24.3 Å². The van der Waals surface area contributed by atoms with Gasteiger partial charge in [0.15, 0.2) is 5.96 Å². The second-order valence-corrected chi connectivity index (χ2v) is 5.55. The zero-order chi connectivity index (χ0) is 16.6. The molecule has 0 spiro atoms. The van der Waals surface area contributed by atoms with E-state index < -0.39 is 11.3 Å². The Kier molecular flexibility index (Phi) is 4.94. The van der Waals surface area contributed by atoms with Gasteiger partial charge in [0.05, 0.1) is 18.6 Å². The van der Waals surface area contributed by atoms with Gasteiger partial charge in [-0.2, -0.15) is 4.99 Å². The molecule has 1 aliphatic carbocycles. The van der Waals surface area contributed by atoms with Gasteiger partial charge in [0.1, 0.15) is 0 Å². The van der Waals surface area contributed by atoms with Gasteiger partial charge < -0.3 is 21.7 Å². The topological polar surface area (TPSA) is 122 Å². The van der Waals surface area contributed by atoms with Crippen LogP contribution in [0.1, 0.15) is 21.5 Å². The van der Waals surface area contributed by atoms with Crippen molar-refractivity contribution in [3.63, 3.8) is 0 Å². The lowest BCUT2D eigenvalue weighted by Gasteiger charge is -2.27. The molecule has 0 aliphatic heterocycles. The van der Waals surface area contributed by atoms with Crippen LogP contribution in [0.2, 0.25) is 0 Å². The maximum absolute atomic E-state index is 12.0. The summed E-state index contributed by atoms with van der Waals surface area (Å²) in [6, 6.07) is 12.6. The van der Waals surface area contributed by atoms with E-state index in [4.69, 9.17) is 11.5 Å². The fourth-order valence-electron chi connectivity index (χ4n) is 3.16. The number of nitrogens with two attached hydrogens (primary N) is 2. The number of rotatable bonds is 3. The number of carbonyl (C=O) groups excluding carboxylic acids is 1. The Labute approximate surface area is 145 Å². The van der Waals surface area contributed by atoms with E-state index in [2.05, 4.69) is 4.99 Å². The third-order valence-electron chi connectivity index (χ3n) is 4.29. The second-order valence-electron chi connectivity index (χ2n) is 5.55. The number of benzene rings is 2. The van der Waals surface area contributed by atoms with Crippen LogP contribution in [0.25, 0.3) is 11.1 Å². The zero-order valence-electron chi connectivity index (χ0n) is 12.8. The van der Waals surface area contributed by atoms with Crippen LogP contribution in [-0.4, -0.2) is 35.3 Å². The molecule has 0 unspecified atom stereocenters. The Balaban J connectivity index is 0.00000208. The number of hydrogen-bond donors (Lipinski definition) is 4. The number of fused-ring (bicyclic) bond motifs is 3. The van der Waals surface area contributed by atoms with Crippen molar-refractivity contribution in [2.24, 2.45) is 16.5 Å². The quantitative estimate of drug-likeness (QED) is 0.482. The third kappa shape index (κ3) is 2.54. The van der Waals surface area contributed by atoms with Crippen LogP contribution in [0.5, 0.6) is 0 Å². The van der Waals surface area contributed by atoms with E-state index >= 15 is 0 Å². The van der Waals surface area contributed by atoms with Crippen molar-refractivity contribution in [2.75, 3.05) is 13.2 Å². The molecule has 2 aromatic rings. The van der Waals surface area contributed by atoms with E-state index in [9.17, 15) is 15.0 Å². The van der Waals surface area contributed by atoms with Crippen LogP contribution >= 0.6 is 12.4 Å². The molecule has 6 nitrogen and oxygen atoms in total. The number of nitrogens with zero attached hydrogens (tertiary/aromatic N) is 1. The predicted molar refractivity (Wildman–Crippen MR) is 94.2 cm³/mol. The maximum Gasteiger partial charge on any atom is 0.280 e. The van der Waals surface area contributed by atoms with Crippen molar-refractivity contribution >= 4 is 24.3 Å². The highest BCUT2D eigenvalue weighted by Gasteiger charge is 2.42. The van der Waals surface area contributed by atoms with E-state index in [1.165, 1.54) is 0 Å². The minimum absolute atomic E-state index is 0. The minimum atomic E-state index is -0.944. The number of hydrogen-bond acceptors (Lipinski definition) is 3. The highest BCUT2D eigenvalue weighted by Crippen LogP contribution is 2.48. The number of aliphatic hydroxyl groups is 2.